The molecule has 0 atom stereocenters. The third kappa shape index (κ3) is 3.31. The molecule has 0 unspecified atom stereocenters. The number of aryl methyl sites for hydroxylation is 1. The van der Waals surface area contributed by atoms with Gasteiger partial charge in [0.05, 0.1) is 10.2 Å². The molecule has 140 valence electrons. The van der Waals surface area contributed by atoms with Gasteiger partial charge in [-0.25, -0.2) is 15.0 Å². The Hall–Kier alpha value is -2.99. The van der Waals surface area contributed by atoms with Crippen LogP contribution in [-0.2, 0) is 0 Å². The maximum absolute atomic E-state index is 4.84. The number of piperazine rings is 1. The number of hydrogen-bond acceptors (Lipinski definition) is 6. The Morgan fingerprint density at radius 1 is 0.786 bits per heavy atom. The van der Waals surface area contributed by atoms with Gasteiger partial charge in [0.25, 0.3) is 0 Å². The number of benzene rings is 2. The highest BCUT2D eigenvalue weighted by molar-refractivity contribution is 7.22. The van der Waals surface area contributed by atoms with Crippen LogP contribution in [-0.4, -0.2) is 41.1 Å². The number of anilines is 2. The van der Waals surface area contributed by atoms with Gasteiger partial charge in [-0.05, 0) is 19.1 Å². The second kappa shape index (κ2) is 7.20. The first-order chi connectivity index (χ1) is 13.8. The van der Waals surface area contributed by atoms with Gasteiger partial charge in [-0.1, -0.05) is 53.8 Å². The molecule has 0 amide bonds. The molecule has 3 heterocycles. The molecule has 0 bridgehead atoms. The van der Waals surface area contributed by atoms with Crippen LogP contribution in [0.5, 0.6) is 0 Å². The van der Waals surface area contributed by atoms with Gasteiger partial charge in [0, 0.05) is 43.5 Å². The van der Waals surface area contributed by atoms with Gasteiger partial charge in [-0.2, -0.15) is 0 Å². The third-order valence-electron chi connectivity index (χ3n) is 5.03. The maximum atomic E-state index is 4.84. The predicted molar refractivity (Wildman–Crippen MR) is 116 cm³/mol. The van der Waals surface area contributed by atoms with Crippen LogP contribution in [0.1, 0.15) is 5.69 Å². The van der Waals surface area contributed by atoms with Crippen LogP contribution in [0.3, 0.4) is 0 Å². The molecule has 6 heteroatoms. The van der Waals surface area contributed by atoms with Gasteiger partial charge in [0.15, 0.2) is 11.0 Å². The van der Waals surface area contributed by atoms with E-state index in [0.29, 0.717) is 0 Å². The lowest BCUT2D eigenvalue weighted by atomic mass is 10.2. The van der Waals surface area contributed by atoms with Crippen LogP contribution in [0.15, 0.2) is 60.7 Å². The van der Waals surface area contributed by atoms with E-state index in [1.165, 1.54) is 4.70 Å². The third-order valence-corrected chi connectivity index (χ3v) is 6.13. The summed E-state index contributed by atoms with van der Waals surface area (Å²) >= 11 is 1.77. The number of fused-ring (bicyclic) bond motifs is 1. The van der Waals surface area contributed by atoms with Crippen LogP contribution in [0.2, 0.25) is 0 Å². The number of rotatable bonds is 3. The average Bonchev–Trinajstić information content (AvgIpc) is 3.18. The molecule has 2 aromatic heterocycles. The summed E-state index contributed by atoms with van der Waals surface area (Å²) < 4.78 is 1.25. The van der Waals surface area contributed by atoms with Crippen molar-refractivity contribution in [2.45, 2.75) is 6.92 Å². The molecule has 2 aromatic carbocycles. The fourth-order valence-electron chi connectivity index (χ4n) is 3.55. The smallest absolute Gasteiger partial charge is 0.186 e. The van der Waals surface area contributed by atoms with Crippen LogP contribution in [0, 0.1) is 6.92 Å². The van der Waals surface area contributed by atoms with Gasteiger partial charge in [0.1, 0.15) is 5.82 Å². The maximum Gasteiger partial charge on any atom is 0.186 e. The first-order valence-corrected chi connectivity index (χ1v) is 10.3. The van der Waals surface area contributed by atoms with Crippen molar-refractivity contribution in [3.63, 3.8) is 0 Å². The van der Waals surface area contributed by atoms with E-state index in [1.54, 1.807) is 11.3 Å². The highest BCUT2D eigenvalue weighted by atomic mass is 32.1. The Balaban J connectivity index is 1.34. The number of para-hydroxylation sites is 1. The summed E-state index contributed by atoms with van der Waals surface area (Å²) in [6, 6.07) is 20.6. The van der Waals surface area contributed by atoms with Crippen molar-refractivity contribution >= 4 is 32.5 Å². The molecule has 1 saturated heterocycles. The quantitative estimate of drug-likeness (QED) is 0.522. The molecule has 0 N–H and O–H groups in total. The second-order valence-electron chi connectivity index (χ2n) is 7.00. The van der Waals surface area contributed by atoms with Crippen molar-refractivity contribution < 1.29 is 0 Å². The summed E-state index contributed by atoms with van der Waals surface area (Å²) in [6.45, 7) is 5.79. The summed E-state index contributed by atoms with van der Waals surface area (Å²) in [6.07, 6.45) is 0. The summed E-state index contributed by atoms with van der Waals surface area (Å²) in [4.78, 5) is 19.0. The first kappa shape index (κ1) is 17.1. The Morgan fingerprint density at radius 3 is 2.29 bits per heavy atom. The van der Waals surface area contributed by atoms with Crippen LogP contribution >= 0.6 is 11.3 Å². The zero-order valence-corrected chi connectivity index (χ0v) is 16.6. The number of hydrogen-bond donors (Lipinski definition) is 0. The van der Waals surface area contributed by atoms with Gasteiger partial charge in [-0.15, -0.1) is 0 Å². The molecule has 4 aromatic rings. The van der Waals surface area contributed by atoms with E-state index in [4.69, 9.17) is 9.97 Å². The van der Waals surface area contributed by atoms with E-state index in [2.05, 4.69) is 51.2 Å². The minimum absolute atomic E-state index is 0.796. The molecule has 0 aliphatic carbocycles. The van der Waals surface area contributed by atoms with Crippen molar-refractivity contribution in [1.82, 2.24) is 15.0 Å². The summed E-state index contributed by atoms with van der Waals surface area (Å²) in [7, 11) is 0. The average molecular weight is 388 g/mol. The fraction of sp³-hybridized carbons (Fsp3) is 0.227. The van der Waals surface area contributed by atoms with Crippen molar-refractivity contribution in [3.8, 4) is 11.4 Å². The van der Waals surface area contributed by atoms with E-state index in [1.807, 2.05) is 31.2 Å². The number of aromatic nitrogens is 3. The topological polar surface area (TPSA) is 45.2 Å². The van der Waals surface area contributed by atoms with E-state index in [9.17, 15) is 0 Å². The minimum atomic E-state index is 0.796. The Labute approximate surface area is 168 Å². The normalized spacial score (nSPS) is 14.6. The van der Waals surface area contributed by atoms with Crippen molar-refractivity contribution in [2.75, 3.05) is 36.0 Å². The molecule has 28 heavy (non-hydrogen) atoms. The van der Waals surface area contributed by atoms with E-state index >= 15 is 0 Å². The summed E-state index contributed by atoms with van der Waals surface area (Å²) in [5.74, 6) is 1.81. The van der Waals surface area contributed by atoms with Crippen LogP contribution < -0.4 is 9.80 Å². The lowest BCUT2D eigenvalue weighted by molar-refractivity contribution is 0.646. The highest BCUT2D eigenvalue weighted by Crippen LogP contribution is 2.30. The summed E-state index contributed by atoms with van der Waals surface area (Å²) in [5.41, 5.74) is 3.14. The minimum Gasteiger partial charge on any atom is -0.353 e. The molecule has 0 saturated carbocycles. The van der Waals surface area contributed by atoms with E-state index in [0.717, 1.165) is 59.7 Å². The lowest BCUT2D eigenvalue weighted by Crippen LogP contribution is -2.46. The molecular weight excluding hydrogens is 366 g/mol. The van der Waals surface area contributed by atoms with Gasteiger partial charge in [0.2, 0.25) is 0 Å². The Bertz CT molecular complexity index is 1070. The molecule has 1 fully saturated rings. The molecule has 5 nitrogen and oxygen atoms in total. The zero-order valence-electron chi connectivity index (χ0n) is 15.7. The van der Waals surface area contributed by atoms with E-state index in [-0.39, 0.29) is 0 Å². The molecule has 1 aliphatic rings. The number of nitrogens with zero attached hydrogens (tertiary/aromatic N) is 5. The summed E-state index contributed by atoms with van der Waals surface area (Å²) in [5, 5.41) is 1.12. The van der Waals surface area contributed by atoms with Crippen LogP contribution in [0.25, 0.3) is 21.6 Å². The van der Waals surface area contributed by atoms with Gasteiger partial charge < -0.3 is 9.80 Å². The second-order valence-corrected chi connectivity index (χ2v) is 8.00. The van der Waals surface area contributed by atoms with Crippen LogP contribution in [0.4, 0.5) is 10.9 Å². The van der Waals surface area contributed by atoms with Crippen molar-refractivity contribution in [3.05, 3.63) is 66.4 Å². The molecule has 5 rings (SSSR count). The SMILES string of the molecule is Cc1cc(N2CCN(c3nc4ccccc4s3)CC2)nc(-c2ccccc2)n1. The fourth-order valence-corrected chi connectivity index (χ4v) is 4.57. The van der Waals surface area contributed by atoms with Crippen molar-refractivity contribution in [1.29, 1.82) is 0 Å². The molecule has 1 aliphatic heterocycles. The van der Waals surface area contributed by atoms with E-state index < -0.39 is 0 Å². The predicted octanol–water partition coefficient (Wildman–Crippen LogP) is 4.39. The molecule has 0 spiro atoms. The Kier molecular flexibility index (Phi) is 4.41. The first-order valence-electron chi connectivity index (χ1n) is 9.53. The largest absolute Gasteiger partial charge is 0.353 e. The molecule has 0 radical (unpaired) electrons. The van der Waals surface area contributed by atoms with Gasteiger partial charge in [-0.3, -0.25) is 0 Å². The standard InChI is InChI=1S/C22H21N5S/c1-16-15-20(25-21(23-16)17-7-3-2-4-8-17)26-11-13-27(14-12-26)22-24-18-9-5-6-10-19(18)28-22/h2-10,15H,11-14H2,1H3. The number of thiazole rings is 1. The van der Waals surface area contributed by atoms with Gasteiger partial charge >= 0.3 is 0 Å². The Morgan fingerprint density at radius 2 is 1.50 bits per heavy atom. The zero-order chi connectivity index (χ0) is 18.9. The monoisotopic (exact) mass is 387 g/mol. The molecular formula is C22H21N5S. The van der Waals surface area contributed by atoms with Crippen molar-refractivity contribution in [2.24, 2.45) is 0 Å². The highest BCUT2D eigenvalue weighted by Gasteiger charge is 2.21. The lowest BCUT2D eigenvalue weighted by Gasteiger charge is -2.35.